The highest BCUT2D eigenvalue weighted by Gasteiger charge is 2.29. The van der Waals surface area contributed by atoms with Crippen LogP contribution in [0.5, 0.6) is 5.75 Å². The summed E-state index contributed by atoms with van der Waals surface area (Å²) in [6.07, 6.45) is 8.65. The first-order valence-corrected chi connectivity index (χ1v) is 10.3. The van der Waals surface area contributed by atoms with Crippen LogP contribution in [0.1, 0.15) is 57.9 Å². The lowest BCUT2D eigenvalue weighted by molar-refractivity contribution is -0.221. The first kappa shape index (κ1) is 21.0. The van der Waals surface area contributed by atoms with Crippen LogP contribution in [0.15, 0.2) is 18.5 Å². The summed E-state index contributed by atoms with van der Waals surface area (Å²) in [6, 6.07) is 3.88. The van der Waals surface area contributed by atoms with E-state index >= 15 is 0 Å². The topological polar surface area (TPSA) is 87.8 Å². The molecule has 0 bridgehead atoms. The zero-order chi connectivity index (χ0) is 19.9. The number of ether oxygens (including phenoxy) is 3. The molecule has 1 N–H and O–H groups in total. The minimum atomic E-state index is -0.819. The van der Waals surface area contributed by atoms with Crippen molar-refractivity contribution in [2.75, 3.05) is 13.1 Å². The average molecular weight is 389 g/mol. The highest BCUT2D eigenvalue weighted by molar-refractivity contribution is 5.40. The van der Waals surface area contributed by atoms with Gasteiger partial charge in [0.1, 0.15) is 17.4 Å². The Bertz CT molecular complexity index is 647. The quantitative estimate of drug-likeness (QED) is 0.717. The number of likely N-dealkylation sites (tertiary alicyclic amines) is 1. The van der Waals surface area contributed by atoms with E-state index in [2.05, 4.69) is 11.1 Å². The lowest BCUT2D eigenvalue weighted by atomic mass is 9.94. The maximum absolute atomic E-state index is 10.1. The number of pyridine rings is 1. The second-order valence-corrected chi connectivity index (χ2v) is 7.88. The summed E-state index contributed by atoms with van der Waals surface area (Å²) in [5.74, 6) is 0.622. The summed E-state index contributed by atoms with van der Waals surface area (Å²) in [7, 11) is 0. The van der Waals surface area contributed by atoms with Gasteiger partial charge in [-0.1, -0.05) is 0 Å². The SMILES string of the molecule is CC(C)OC(O)N1CCC(OC2CCC(Oc3ccncc3C#N)CC2)CC1. The van der Waals surface area contributed by atoms with Gasteiger partial charge in [0.2, 0.25) is 6.41 Å². The van der Waals surface area contributed by atoms with Gasteiger partial charge in [0.15, 0.2) is 0 Å². The van der Waals surface area contributed by atoms with Crippen molar-refractivity contribution in [2.24, 2.45) is 0 Å². The van der Waals surface area contributed by atoms with Crippen LogP contribution in [0, 0.1) is 11.3 Å². The number of aliphatic hydroxyl groups excluding tert-OH is 1. The lowest BCUT2D eigenvalue weighted by Crippen LogP contribution is -2.46. The maximum Gasteiger partial charge on any atom is 0.216 e. The fraction of sp³-hybridized carbons (Fsp3) is 0.714. The van der Waals surface area contributed by atoms with Crippen molar-refractivity contribution in [1.29, 1.82) is 5.26 Å². The van der Waals surface area contributed by atoms with Crippen molar-refractivity contribution in [1.82, 2.24) is 9.88 Å². The molecule has 1 unspecified atom stereocenters. The van der Waals surface area contributed by atoms with E-state index in [1.807, 2.05) is 18.7 Å². The Morgan fingerprint density at radius 3 is 2.39 bits per heavy atom. The van der Waals surface area contributed by atoms with E-state index in [1.54, 1.807) is 18.5 Å². The van der Waals surface area contributed by atoms with Crippen LogP contribution in [0.2, 0.25) is 0 Å². The highest BCUT2D eigenvalue weighted by atomic mass is 16.6. The molecule has 1 aromatic heterocycles. The van der Waals surface area contributed by atoms with E-state index in [9.17, 15) is 5.11 Å². The molecule has 7 heteroatoms. The second kappa shape index (κ2) is 10.2. The Labute approximate surface area is 167 Å². The third kappa shape index (κ3) is 5.89. The molecular weight excluding hydrogens is 358 g/mol. The maximum atomic E-state index is 10.1. The Kier molecular flexibility index (Phi) is 7.63. The molecule has 1 aromatic rings. The van der Waals surface area contributed by atoms with Gasteiger partial charge in [-0.25, -0.2) is 0 Å². The van der Waals surface area contributed by atoms with E-state index in [0.717, 1.165) is 51.6 Å². The molecule has 1 aliphatic heterocycles. The average Bonchev–Trinajstić information content (AvgIpc) is 2.70. The number of nitriles is 1. The zero-order valence-corrected chi connectivity index (χ0v) is 16.8. The monoisotopic (exact) mass is 389 g/mol. The fourth-order valence-corrected chi connectivity index (χ4v) is 3.87. The smallest absolute Gasteiger partial charge is 0.216 e. The van der Waals surface area contributed by atoms with Crippen LogP contribution in [0.3, 0.4) is 0 Å². The normalized spacial score (nSPS) is 25.4. The van der Waals surface area contributed by atoms with Gasteiger partial charge < -0.3 is 19.3 Å². The van der Waals surface area contributed by atoms with Crippen molar-refractivity contribution >= 4 is 0 Å². The van der Waals surface area contributed by atoms with Gasteiger partial charge in [0, 0.05) is 25.5 Å². The first-order chi connectivity index (χ1) is 13.5. The van der Waals surface area contributed by atoms with Crippen LogP contribution in [0.4, 0.5) is 0 Å². The first-order valence-electron chi connectivity index (χ1n) is 10.3. The summed E-state index contributed by atoms with van der Waals surface area (Å²) in [5.41, 5.74) is 0.483. The molecule has 3 rings (SSSR count). The Morgan fingerprint density at radius 1 is 1.11 bits per heavy atom. The Hall–Kier alpha value is -1.72. The van der Waals surface area contributed by atoms with Crippen LogP contribution in [-0.2, 0) is 9.47 Å². The van der Waals surface area contributed by atoms with Crippen LogP contribution < -0.4 is 4.74 Å². The van der Waals surface area contributed by atoms with Crippen LogP contribution >= 0.6 is 0 Å². The summed E-state index contributed by atoms with van der Waals surface area (Å²) >= 11 is 0. The molecule has 0 amide bonds. The number of nitrogens with zero attached hydrogens (tertiary/aromatic N) is 3. The molecule has 7 nitrogen and oxygen atoms in total. The number of piperidine rings is 1. The largest absolute Gasteiger partial charge is 0.489 e. The molecule has 2 aliphatic rings. The second-order valence-electron chi connectivity index (χ2n) is 7.88. The lowest BCUT2D eigenvalue weighted by Gasteiger charge is -2.37. The molecule has 0 spiro atoms. The summed E-state index contributed by atoms with van der Waals surface area (Å²) in [6.45, 7) is 5.43. The molecule has 1 saturated carbocycles. The number of hydrogen-bond donors (Lipinski definition) is 1. The minimum absolute atomic E-state index is 0.0118. The molecular formula is C21H31N3O4. The summed E-state index contributed by atoms with van der Waals surface area (Å²) in [4.78, 5) is 5.93. The van der Waals surface area contributed by atoms with Crippen LogP contribution in [-0.4, -0.2) is 58.9 Å². The van der Waals surface area contributed by atoms with E-state index < -0.39 is 6.41 Å². The van der Waals surface area contributed by atoms with E-state index in [-0.39, 0.29) is 24.4 Å². The van der Waals surface area contributed by atoms with E-state index in [1.165, 1.54) is 0 Å². The third-order valence-electron chi connectivity index (χ3n) is 5.38. The highest BCUT2D eigenvalue weighted by Crippen LogP contribution is 2.29. The molecule has 0 radical (unpaired) electrons. The van der Waals surface area contributed by atoms with Gasteiger partial charge >= 0.3 is 0 Å². The third-order valence-corrected chi connectivity index (χ3v) is 5.38. The standard InChI is InChI=1S/C21H31N3O4/c1-15(2)26-21(25)24-11-8-19(9-12-24)27-17-3-5-18(6-4-17)28-20-7-10-23-14-16(20)13-22/h7,10,14-15,17-19,21,25H,3-6,8-9,11-12H2,1-2H3. The predicted octanol–water partition coefficient (Wildman–Crippen LogP) is 2.83. The Morgan fingerprint density at radius 2 is 1.75 bits per heavy atom. The number of aliphatic hydroxyl groups is 1. The molecule has 1 saturated heterocycles. The molecule has 2 fully saturated rings. The molecule has 1 atom stereocenters. The van der Waals surface area contributed by atoms with Gasteiger partial charge in [0.05, 0.1) is 24.4 Å². The molecule has 1 aliphatic carbocycles. The number of rotatable bonds is 7. The summed E-state index contributed by atoms with van der Waals surface area (Å²) < 4.78 is 17.8. The molecule has 0 aromatic carbocycles. The zero-order valence-electron chi connectivity index (χ0n) is 16.8. The van der Waals surface area contributed by atoms with Gasteiger partial charge in [-0.15, -0.1) is 0 Å². The van der Waals surface area contributed by atoms with Crippen LogP contribution in [0.25, 0.3) is 0 Å². The fourth-order valence-electron chi connectivity index (χ4n) is 3.87. The van der Waals surface area contributed by atoms with E-state index in [4.69, 9.17) is 19.5 Å². The van der Waals surface area contributed by atoms with Gasteiger partial charge in [-0.3, -0.25) is 9.88 Å². The number of aromatic nitrogens is 1. The van der Waals surface area contributed by atoms with Gasteiger partial charge in [0.25, 0.3) is 0 Å². The molecule has 154 valence electrons. The predicted molar refractivity (Wildman–Crippen MR) is 104 cm³/mol. The van der Waals surface area contributed by atoms with Crippen molar-refractivity contribution in [3.05, 3.63) is 24.0 Å². The minimum Gasteiger partial charge on any atom is -0.489 e. The molecule has 2 heterocycles. The van der Waals surface area contributed by atoms with E-state index in [0.29, 0.717) is 11.3 Å². The van der Waals surface area contributed by atoms with Crippen molar-refractivity contribution < 1.29 is 19.3 Å². The van der Waals surface area contributed by atoms with Crippen molar-refractivity contribution in [2.45, 2.75) is 83.2 Å². The number of hydrogen-bond acceptors (Lipinski definition) is 7. The van der Waals surface area contributed by atoms with Gasteiger partial charge in [-0.05, 0) is 58.4 Å². The molecule has 28 heavy (non-hydrogen) atoms. The Balaban J connectivity index is 1.38. The van der Waals surface area contributed by atoms with Crippen molar-refractivity contribution in [3.63, 3.8) is 0 Å². The summed E-state index contributed by atoms with van der Waals surface area (Å²) in [5, 5.41) is 19.2. The van der Waals surface area contributed by atoms with Gasteiger partial charge in [-0.2, -0.15) is 5.26 Å². The van der Waals surface area contributed by atoms with Crippen molar-refractivity contribution in [3.8, 4) is 11.8 Å².